The number of hydrogen-bond acceptors (Lipinski definition) is 5. The Kier molecular flexibility index (Phi) is 10.6. The molecule has 3 rings (SSSR count). The van der Waals surface area contributed by atoms with E-state index < -0.39 is 5.97 Å². The quantitative estimate of drug-likeness (QED) is 0.266. The summed E-state index contributed by atoms with van der Waals surface area (Å²) in [7, 11) is 0.633. The van der Waals surface area contributed by atoms with E-state index in [1.165, 1.54) is 10.9 Å². The van der Waals surface area contributed by atoms with Crippen molar-refractivity contribution in [1.82, 2.24) is 4.90 Å². The van der Waals surface area contributed by atoms with E-state index in [1.807, 2.05) is 24.0 Å². The van der Waals surface area contributed by atoms with Gasteiger partial charge in [-0.3, -0.25) is 9.69 Å². The van der Waals surface area contributed by atoms with Crippen LogP contribution >= 0.6 is 8.58 Å². The molecule has 1 unspecified atom stereocenters. The lowest BCUT2D eigenvalue weighted by molar-refractivity contribution is -0.136. The standard InChI is InChI=1S/C28H36NO5P/c1-4-27(35-5-2)21(3)19-29(20-23-10-11-25-26(17-23)34-15-14-33-25)12-7-13-32-24-9-6-8-22(16-24)18-28(30)31/h4-6,8-11,16-17,21,35H,2,7,12-15,18-20H2,1,3H3,(H,30,31)/b27-4-/t21-/m0/s1. The van der Waals surface area contributed by atoms with Gasteiger partial charge in [0, 0.05) is 19.6 Å². The van der Waals surface area contributed by atoms with Crippen LogP contribution in [0.4, 0.5) is 0 Å². The van der Waals surface area contributed by atoms with E-state index in [9.17, 15) is 4.79 Å². The first kappa shape index (κ1) is 26.8. The van der Waals surface area contributed by atoms with E-state index in [0.717, 1.165) is 43.1 Å². The largest absolute Gasteiger partial charge is 0.494 e. The third kappa shape index (κ3) is 8.72. The Bertz CT molecular complexity index is 1020. The molecule has 7 heteroatoms. The fourth-order valence-electron chi connectivity index (χ4n) is 4.19. The molecule has 2 atom stereocenters. The molecule has 0 fully saturated rings. The predicted molar refractivity (Wildman–Crippen MR) is 142 cm³/mol. The van der Waals surface area contributed by atoms with Crippen molar-refractivity contribution < 1.29 is 24.1 Å². The van der Waals surface area contributed by atoms with Crippen LogP contribution in [-0.4, -0.2) is 48.9 Å². The average Bonchev–Trinajstić information content (AvgIpc) is 2.84. The van der Waals surface area contributed by atoms with Gasteiger partial charge >= 0.3 is 5.97 Å². The van der Waals surface area contributed by atoms with Gasteiger partial charge in [-0.25, -0.2) is 0 Å². The summed E-state index contributed by atoms with van der Waals surface area (Å²) in [6, 6.07) is 13.5. The number of carboxylic acid groups (broad SMARTS) is 1. The van der Waals surface area contributed by atoms with Crippen LogP contribution in [0.25, 0.3) is 0 Å². The van der Waals surface area contributed by atoms with Gasteiger partial charge in [-0.2, -0.15) is 0 Å². The molecular formula is C28H36NO5P. The van der Waals surface area contributed by atoms with E-state index in [1.54, 1.807) is 12.1 Å². The lowest BCUT2D eigenvalue weighted by atomic mass is 10.1. The smallest absolute Gasteiger partial charge is 0.307 e. The maximum absolute atomic E-state index is 11.0. The van der Waals surface area contributed by atoms with Crippen LogP contribution in [-0.2, 0) is 17.8 Å². The van der Waals surface area contributed by atoms with Gasteiger partial charge in [-0.15, -0.1) is 0 Å². The van der Waals surface area contributed by atoms with Gasteiger partial charge in [0.05, 0.1) is 13.0 Å². The van der Waals surface area contributed by atoms with Crippen molar-refractivity contribution >= 4 is 14.6 Å². The summed E-state index contributed by atoms with van der Waals surface area (Å²) in [5.41, 5.74) is 1.93. The Morgan fingerprint density at radius 1 is 1.20 bits per heavy atom. The van der Waals surface area contributed by atoms with E-state index in [-0.39, 0.29) is 6.42 Å². The first-order chi connectivity index (χ1) is 17.0. The molecule has 2 aromatic carbocycles. The minimum Gasteiger partial charge on any atom is -0.494 e. The Balaban J connectivity index is 1.61. The molecule has 0 aromatic heterocycles. The van der Waals surface area contributed by atoms with Crippen LogP contribution in [0.15, 0.2) is 66.3 Å². The van der Waals surface area contributed by atoms with Crippen molar-refractivity contribution in [1.29, 1.82) is 0 Å². The summed E-state index contributed by atoms with van der Waals surface area (Å²) < 4.78 is 17.4. The first-order valence-electron chi connectivity index (χ1n) is 12.1. The third-order valence-corrected chi connectivity index (χ3v) is 7.12. The lowest BCUT2D eigenvalue weighted by Crippen LogP contribution is -2.30. The molecule has 0 amide bonds. The molecule has 2 aromatic rings. The maximum atomic E-state index is 11.0. The second-order valence-corrected chi connectivity index (χ2v) is 9.90. The molecule has 6 nitrogen and oxygen atoms in total. The van der Waals surface area contributed by atoms with Crippen LogP contribution in [0.5, 0.6) is 17.2 Å². The summed E-state index contributed by atoms with van der Waals surface area (Å²) >= 11 is 0. The SMILES string of the molecule is C=CP/C(=C\C)[C@@H](C)CN(CCCOc1cccc(CC(=O)O)c1)Cc1ccc2c(c1)OCCO2. The van der Waals surface area contributed by atoms with E-state index >= 15 is 0 Å². The number of nitrogens with zero attached hydrogens (tertiary/aromatic N) is 1. The molecule has 0 saturated carbocycles. The predicted octanol–water partition coefficient (Wildman–Crippen LogP) is 5.72. The Hall–Kier alpha value is -2.82. The zero-order valence-electron chi connectivity index (χ0n) is 20.7. The van der Waals surface area contributed by atoms with E-state index in [4.69, 9.17) is 19.3 Å². The number of ether oxygens (including phenoxy) is 3. The Morgan fingerprint density at radius 2 is 2.00 bits per heavy atom. The van der Waals surface area contributed by atoms with Crippen molar-refractivity contribution in [2.75, 3.05) is 32.9 Å². The molecule has 35 heavy (non-hydrogen) atoms. The van der Waals surface area contributed by atoms with Gasteiger partial charge in [0.1, 0.15) is 19.0 Å². The fourth-order valence-corrected chi connectivity index (χ4v) is 4.97. The normalized spacial score (nSPS) is 14.3. The van der Waals surface area contributed by atoms with E-state index in [2.05, 4.69) is 43.5 Å². The van der Waals surface area contributed by atoms with E-state index in [0.29, 0.717) is 40.1 Å². The fraction of sp³-hybridized carbons (Fsp3) is 0.393. The summed E-state index contributed by atoms with van der Waals surface area (Å²) in [6.07, 6.45) is 3.06. The number of hydrogen-bond donors (Lipinski definition) is 1. The molecule has 0 aliphatic carbocycles. The number of allylic oxidation sites excluding steroid dienone is 1. The monoisotopic (exact) mass is 497 g/mol. The van der Waals surface area contributed by atoms with Gasteiger partial charge in [0.25, 0.3) is 0 Å². The highest BCUT2D eigenvalue weighted by molar-refractivity contribution is 7.46. The molecule has 1 heterocycles. The lowest BCUT2D eigenvalue weighted by Gasteiger charge is -2.28. The molecule has 0 saturated heterocycles. The highest BCUT2D eigenvalue weighted by Gasteiger charge is 2.16. The van der Waals surface area contributed by atoms with Crippen molar-refractivity contribution in [3.63, 3.8) is 0 Å². The third-order valence-electron chi connectivity index (χ3n) is 5.80. The molecule has 1 N–H and O–H groups in total. The molecule has 0 radical (unpaired) electrons. The van der Waals surface area contributed by atoms with Crippen molar-refractivity contribution in [3.8, 4) is 17.2 Å². The van der Waals surface area contributed by atoms with Crippen molar-refractivity contribution in [2.24, 2.45) is 5.92 Å². The Labute approximate surface area is 210 Å². The number of aliphatic carboxylic acids is 1. The van der Waals surface area contributed by atoms with Gasteiger partial charge in [-0.1, -0.05) is 52.2 Å². The highest BCUT2D eigenvalue weighted by Crippen LogP contribution is 2.33. The van der Waals surface area contributed by atoms with Gasteiger partial charge in [-0.05, 0) is 60.0 Å². The summed E-state index contributed by atoms with van der Waals surface area (Å²) in [5, 5.41) is 10.4. The summed E-state index contributed by atoms with van der Waals surface area (Å²) in [5.74, 6) is 3.89. The molecule has 188 valence electrons. The van der Waals surface area contributed by atoms with Crippen LogP contribution < -0.4 is 14.2 Å². The van der Waals surface area contributed by atoms with Crippen LogP contribution in [0.1, 0.15) is 31.4 Å². The van der Waals surface area contributed by atoms with Gasteiger partial charge in [0.15, 0.2) is 11.5 Å². The molecule has 0 spiro atoms. The molecule has 0 bridgehead atoms. The zero-order chi connectivity index (χ0) is 25.0. The number of carbonyl (C=O) groups is 1. The highest BCUT2D eigenvalue weighted by atomic mass is 31.1. The summed E-state index contributed by atoms with van der Waals surface area (Å²) in [6.45, 7) is 12.6. The Morgan fingerprint density at radius 3 is 2.74 bits per heavy atom. The molecule has 1 aliphatic heterocycles. The van der Waals surface area contributed by atoms with Gasteiger partial charge in [0.2, 0.25) is 0 Å². The van der Waals surface area contributed by atoms with Gasteiger partial charge < -0.3 is 19.3 Å². The average molecular weight is 498 g/mol. The van der Waals surface area contributed by atoms with Crippen LogP contribution in [0.2, 0.25) is 0 Å². The zero-order valence-corrected chi connectivity index (χ0v) is 21.7. The number of benzene rings is 2. The first-order valence-corrected chi connectivity index (χ1v) is 13.1. The van der Waals surface area contributed by atoms with Crippen LogP contribution in [0.3, 0.4) is 0 Å². The second kappa shape index (κ2) is 13.9. The second-order valence-electron chi connectivity index (χ2n) is 8.63. The number of rotatable bonds is 14. The minimum absolute atomic E-state index is 0.00293. The van der Waals surface area contributed by atoms with Crippen molar-refractivity contribution in [2.45, 2.75) is 33.2 Å². The summed E-state index contributed by atoms with van der Waals surface area (Å²) in [4.78, 5) is 13.4. The topological polar surface area (TPSA) is 68.2 Å². The number of carboxylic acids is 1. The molecular weight excluding hydrogens is 461 g/mol. The number of fused-ring (bicyclic) bond motifs is 1. The minimum atomic E-state index is -0.844. The van der Waals surface area contributed by atoms with Crippen molar-refractivity contribution in [3.05, 3.63) is 77.4 Å². The molecule has 1 aliphatic rings. The van der Waals surface area contributed by atoms with Crippen LogP contribution in [0, 0.1) is 5.92 Å². The maximum Gasteiger partial charge on any atom is 0.307 e.